The third-order valence-electron chi connectivity index (χ3n) is 4.99. The quantitative estimate of drug-likeness (QED) is 0.745. The Labute approximate surface area is 168 Å². The highest BCUT2D eigenvalue weighted by molar-refractivity contribution is 5.88. The van der Waals surface area contributed by atoms with Crippen molar-refractivity contribution < 1.29 is 19.1 Å². The van der Waals surface area contributed by atoms with Crippen molar-refractivity contribution in [3.8, 4) is 0 Å². The first kappa shape index (κ1) is 22.2. The van der Waals surface area contributed by atoms with Crippen molar-refractivity contribution in [1.82, 2.24) is 15.1 Å². The molecule has 0 aromatic rings. The summed E-state index contributed by atoms with van der Waals surface area (Å²) in [7, 11) is 0. The van der Waals surface area contributed by atoms with Crippen molar-refractivity contribution >= 4 is 17.9 Å². The van der Waals surface area contributed by atoms with Crippen LogP contribution >= 0.6 is 0 Å². The van der Waals surface area contributed by atoms with Crippen molar-refractivity contribution in [3.63, 3.8) is 0 Å². The molecule has 0 aromatic carbocycles. The number of hydrogen-bond acceptors (Lipinski definition) is 4. The molecule has 1 N–H and O–H groups in total. The molecule has 2 rings (SSSR count). The Morgan fingerprint density at radius 1 is 0.964 bits per heavy atom. The summed E-state index contributed by atoms with van der Waals surface area (Å²) in [5.41, 5.74) is 0.712. The van der Waals surface area contributed by atoms with E-state index in [1.54, 1.807) is 25.7 Å². The van der Waals surface area contributed by atoms with E-state index < -0.39 is 11.7 Å². The van der Waals surface area contributed by atoms with Crippen LogP contribution in [-0.4, -0.2) is 66.0 Å². The van der Waals surface area contributed by atoms with E-state index >= 15 is 0 Å². The topological polar surface area (TPSA) is 79.0 Å². The van der Waals surface area contributed by atoms with Gasteiger partial charge in [-0.05, 0) is 52.9 Å². The zero-order valence-corrected chi connectivity index (χ0v) is 17.6. The van der Waals surface area contributed by atoms with Crippen LogP contribution in [-0.2, 0) is 14.3 Å². The monoisotopic (exact) mass is 393 g/mol. The van der Waals surface area contributed by atoms with Gasteiger partial charge in [0.15, 0.2) is 0 Å². The molecular formula is C21H35N3O4. The molecule has 2 aliphatic rings. The third kappa shape index (κ3) is 7.90. The average Bonchev–Trinajstić information content (AvgIpc) is 2.87. The zero-order chi connectivity index (χ0) is 20.6. The molecule has 1 aliphatic heterocycles. The summed E-state index contributed by atoms with van der Waals surface area (Å²) in [6.07, 6.45) is 8.01. The lowest BCUT2D eigenvalue weighted by molar-refractivity contribution is -0.131. The van der Waals surface area contributed by atoms with Gasteiger partial charge in [-0.1, -0.05) is 12.0 Å². The van der Waals surface area contributed by atoms with E-state index in [0.29, 0.717) is 26.2 Å². The molecule has 1 saturated carbocycles. The van der Waals surface area contributed by atoms with Crippen LogP contribution in [0.4, 0.5) is 4.79 Å². The third-order valence-corrected chi connectivity index (χ3v) is 4.99. The van der Waals surface area contributed by atoms with Crippen molar-refractivity contribution in [1.29, 1.82) is 0 Å². The fraction of sp³-hybridized carbons (Fsp3) is 0.762. The average molecular weight is 394 g/mol. The molecule has 3 amide bonds. The van der Waals surface area contributed by atoms with Gasteiger partial charge in [0.05, 0.1) is 0 Å². The molecule has 0 unspecified atom stereocenters. The van der Waals surface area contributed by atoms with Gasteiger partial charge < -0.3 is 19.9 Å². The van der Waals surface area contributed by atoms with Crippen molar-refractivity contribution in [2.75, 3.05) is 32.7 Å². The lowest BCUT2D eigenvalue weighted by Gasteiger charge is -2.23. The van der Waals surface area contributed by atoms with E-state index in [-0.39, 0.29) is 24.8 Å². The second kappa shape index (κ2) is 10.5. The standard InChI is InChI=1S/C21H35N3O4/c1-21(2,3)28-20(27)22-11-10-18(25)23-12-7-13-24(15-14-23)19(26)16-17-8-5-4-6-9-17/h16H,4-15H2,1-3H3,(H,22,27). The molecule has 2 fully saturated rings. The number of allylic oxidation sites excluding steroid dienone is 1. The molecule has 0 bridgehead atoms. The number of carbonyl (C=O) groups is 3. The molecule has 7 heteroatoms. The van der Waals surface area contributed by atoms with Gasteiger partial charge in [0.1, 0.15) is 5.60 Å². The maximum absolute atomic E-state index is 12.5. The van der Waals surface area contributed by atoms with Gasteiger partial charge in [-0.25, -0.2) is 4.79 Å². The number of hydrogen-bond donors (Lipinski definition) is 1. The molecule has 1 heterocycles. The Kier molecular flexibility index (Phi) is 8.33. The molecule has 28 heavy (non-hydrogen) atoms. The first-order valence-electron chi connectivity index (χ1n) is 10.5. The summed E-state index contributed by atoms with van der Waals surface area (Å²) in [6, 6.07) is 0. The molecular weight excluding hydrogens is 358 g/mol. The first-order chi connectivity index (χ1) is 13.2. The van der Waals surface area contributed by atoms with Gasteiger partial charge in [0.2, 0.25) is 11.8 Å². The van der Waals surface area contributed by atoms with Gasteiger partial charge in [-0.3, -0.25) is 9.59 Å². The van der Waals surface area contributed by atoms with Crippen LogP contribution in [0.3, 0.4) is 0 Å². The minimum atomic E-state index is -0.554. The van der Waals surface area contributed by atoms with Gasteiger partial charge >= 0.3 is 6.09 Å². The van der Waals surface area contributed by atoms with Crippen LogP contribution in [0.5, 0.6) is 0 Å². The molecule has 1 saturated heterocycles. The fourth-order valence-electron chi connectivity index (χ4n) is 3.55. The number of carbonyl (C=O) groups excluding carboxylic acids is 3. The van der Waals surface area contributed by atoms with Crippen molar-refractivity contribution in [2.24, 2.45) is 0 Å². The number of alkyl carbamates (subject to hydrolysis) is 1. The van der Waals surface area contributed by atoms with Crippen LogP contribution in [0.1, 0.15) is 65.7 Å². The normalized spacial score (nSPS) is 18.3. The van der Waals surface area contributed by atoms with Gasteiger partial charge in [0.25, 0.3) is 0 Å². The Morgan fingerprint density at radius 2 is 1.61 bits per heavy atom. The Balaban J connectivity index is 1.74. The molecule has 0 radical (unpaired) electrons. The molecule has 158 valence electrons. The van der Waals surface area contributed by atoms with Gasteiger partial charge in [0, 0.05) is 45.2 Å². The van der Waals surface area contributed by atoms with Crippen LogP contribution in [0.25, 0.3) is 0 Å². The second-order valence-corrected chi connectivity index (χ2v) is 8.60. The predicted molar refractivity (Wildman–Crippen MR) is 108 cm³/mol. The van der Waals surface area contributed by atoms with E-state index in [2.05, 4.69) is 5.32 Å². The Hall–Kier alpha value is -2.05. The van der Waals surface area contributed by atoms with Crippen LogP contribution in [0.2, 0.25) is 0 Å². The van der Waals surface area contributed by atoms with Gasteiger partial charge in [-0.2, -0.15) is 0 Å². The number of amides is 3. The Bertz CT molecular complexity index is 587. The van der Waals surface area contributed by atoms with Crippen LogP contribution < -0.4 is 5.32 Å². The fourth-order valence-corrected chi connectivity index (χ4v) is 3.55. The highest BCUT2D eigenvalue weighted by Gasteiger charge is 2.22. The largest absolute Gasteiger partial charge is 0.444 e. The molecule has 0 atom stereocenters. The van der Waals surface area contributed by atoms with Crippen LogP contribution in [0.15, 0.2) is 11.6 Å². The van der Waals surface area contributed by atoms with E-state index in [1.165, 1.54) is 24.8 Å². The SMILES string of the molecule is CC(C)(C)OC(=O)NCCC(=O)N1CCCN(C(=O)C=C2CCCCC2)CC1. The molecule has 7 nitrogen and oxygen atoms in total. The summed E-state index contributed by atoms with van der Waals surface area (Å²) in [5, 5.41) is 2.62. The molecule has 0 aromatic heterocycles. The van der Waals surface area contributed by atoms with E-state index in [9.17, 15) is 14.4 Å². The smallest absolute Gasteiger partial charge is 0.407 e. The summed E-state index contributed by atoms with van der Waals surface area (Å²) in [6.45, 7) is 8.08. The van der Waals surface area contributed by atoms with E-state index in [0.717, 1.165) is 19.3 Å². The van der Waals surface area contributed by atoms with Crippen molar-refractivity contribution in [2.45, 2.75) is 71.3 Å². The minimum absolute atomic E-state index is 0.00371. The second-order valence-electron chi connectivity index (χ2n) is 8.60. The molecule has 0 spiro atoms. The lowest BCUT2D eigenvalue weighted by atomic mass is 9.94. The van der Waals surface area contributed by atoms with E-state index in [1.807, 2.05) is 11.0 Å². The van der Waals surface area contributed by atoms with Gasteiger partial charge in [-0.15, -0.1) is 0 Å². The summed E-state index contributed by atoms with van der Waals surface area (Å²) < 4.78 is 5.16. The Morgan fingerprint density at radius 3 is 2.29 bits per heavy atom. The highest BCUT2D eigenvalue weighted by atomic mass is 16.6. The lowest BCUT2D eigenvalue weighted by Crippen LogP contribution is -2.39. The minimum Gasteiger partial charge on any atom is -0.444 e. The predicted octanol–water partition coefficient (Wildman–Crippen LogP) is 2.85. The number of nitrogens with zero attached hydrogens (tertiary/aromatic N) is 2. The molecule has 1 aliphatic carbocycles. The maximum Gasteiger partial charge on any atom is 0.407 e. The summed E-state index contributed by atoms with van der Waals surface area (Å²) in [4.78, 5) is 40.3. The maximum atomic E-state index is 12.5. The summed E-state index contributed by atoms with van der Waals surface area (Å²) in [5.74, 6) is 0.0776. The zero-order valence-electron chi connectivity index (χ0n) is 17.6. The number of nitrogens with one attached hydrogen (secondary N) is 1. The van der Waals surface area contributed by atoms with Crippen LogP contribution in [0, 0.1) is 0 Å². The number of rotatable bonds is 4. The first-order valence-corrected chi connectivity index (χ1v) is 10.5. The van der Waals surface area contributed by atoms with Crippen molar-refractivity contribution in [3.05, 3.63) is 11.6 Å². The highest BCUT2D eigenvalue weighted by Crippen LogP contribution is 2.23. The van der Waals surface area contributed by atoms with E-state index in [4.69, 9.17) is 4.74 Å². The number of ether oxygens (including phenoxy) is 1. The summed E-state index contributed by atoms with van der Waals surface area (Å²) >= 11 is 0.